The number of fused-ring (bicyclic) bond motifs is 2. The van der Waals surface area contributed by atoms with Gasteiger partial charge in [-0.05, 0) is 30.5 Å². The summed E-state index contributed by atoms with van der Waals surface area (Å²) in [5.41, 5.74) is 1.77. The van der Waals surface area contributed by atoms with Crippen LogP contribution in [0.2, 0.25) is 0 Å². The summed E-state index contributed by atoms with van der Waals surface area (Å²) in [4.78, 5) is 13.1. The molecule has 2 aliphatic heterocycles. The molecule has 2 bridgehead atoms. The number of para-hydroxylation sites is 1. The molecule has 1 aliphatic carbocycles. The van der Waals surface area contributed by atoms with Crippen LogP contribution in [-0.2, 0) is 4.79 Å². The number of aliphatic hydroxyl groups is 1. The van der Waals surface area contributed by atoms with E-state index in [9.17, 15) is 9.90 Å². The Morgan fingerprint density at radius 3 is 2.75 bits per heavy atom. The third-order valence-electron chi connectivity index (χ3n) is 6.25. The minimum Gasteiger partial charge on any atom is -0.507 e. The van der Waals surface area contributed by atoms with E-state index in [0.29, 0.717) is 5.57 Å². The van der Waals surface area contributed by atoms with Gasteiger partial charge in [-0.25, -0.2) is 0 Å². The van der Waals surface area contributed by atoms with E-state index in [1.54, 1.807) is 6.08 Å². The second-order valence-corrected chi connectivity index (χ2v) is 7.86. The van der Waals surface area contributed by atoms with Crippen LogP contribution in [0.4, 0.5) is 0 Å². The van der Waals surface area contributed by atoms with Crippen molar-refractivity contribution in [2.45, 2.75) is 37.3 Å². The summed E-state index contributed by atoms with van der Waals surface area (Å²) in [7, 11) is 0. The molecule has 2 aromatic carbocycles. The molecule has 2 aromatic rings. The Bertz CT molecular complexity index is 978. The highest BCUT2D eigenvalue weighted by atomic mass is 16.5. The Kier molecular flexibility index (Phi) is 4.00. The van der Waals surface area contributed by atoms with Crippen molar-refractivity contribution in [1.29, 1.82) is 0 Å². The van der Waals surface area contributed by atoms with Gasteiger partial charge in [0.15, 0.2) is 5.72 Å². The molecule has 2 fully saturated rings. The first-order valence-electron chi connectivity index (χ1n) is 9.95. The zero-order valence-corrected chi connectivity index (χ0v) is 15.6. The average molecular weight is 373 g/mol. The highest BCUT2D eigenvalue weighted by Gasteiger charge is 2.57. The summed E-state index contributed by atoms with van der Waals surface area (Å²) in [5, 5.41) is 14.0. The lowest BCUT2D eigenvalue weighted by molar-refractivity contribution is -0.140. The highest BCUT2D eigenvalue weighted by Crippen LogP contribution is 2.55. The van der Waals surface area contributed by atoms with Gasteiger partial charge in [0.05, 0.1) is 5.57 Å². The van der Waals surface area contributed by atoms with Crippen molar-refractivity contribution >= 4 is 12.0 Å². The van der Waals surface area contributed by atoms with Crippen molar-refractivity contribution < 1.29 is 14.6 Å². The van der Waals surface area contributed by atoms with Gasteiger partial charge in [-0.15, -0.1) is 0 Å². The van der Waals surface area contributed by atoms with Gasteiger partial charge in [0.25, 0.3) is 5.91 Å². The van der Waals surface area contributed by atoms with Gasteiger partial charge >= 0.3 is 0 Å². The molecule has 1 saturated carbocycles. The Morgan fingerprint density at radius 1 is 1.11 bits per heavy atom. The van der Waals surface area contributed by atoms with Crippen LogP contribution in [0, 0.1) is 5.92 Å². The van der Waals surface area contributed by atoms with Gasteiger partial charge in [0, 0.05) is 23.8 Å². The summed E-state index contributed by atoms with van der Waals surface area (Å²) in [6, 6.07) is 17.7. The first kappa shape index (κ1) is 17.1. The number of nitrogens with one attached hydrogen (secondary N) is 1. The molecule has 0 radical (unpaired) electrons. The van der Waals surface area contributed by atoms with Crippen molar-refractivity contribution in [2.75, 3.05) is 0 Å². The smallest absolute Gasteiger partial charge is 0.254 e. The lowest BCUT2D eigenvalue weighted by Crippen LogP contribution is -2.66. The molecule has 142 valence electrons. The molecule has 0 spiro atoms. The Labute approximate surface area is 164 Å². The summed E-state index contributed by atoms with van der Waals surface area (Å²) in [5.74, 6) is 0.591. The number of amides is 1. The van der Waals surface area contributed by atoms with Crippen LogP contribution in [0.1, 0.15) is 42.7 Å². The number of hydrogen-bond acceptors (Lipinski definition) is 3. The van der Waals surface area contributed by atoms with Crippen molar-refractivity contribution in [2.24, 2.45) is 5.92 Å². The molecule has 4 nitrogen and oxygen atoms in total. The van der Waals surface area contributed by atoms with Crippen molar-refractivity contribution in [3.63, 3.8) is 0 Å². The number of carbonyl (C=O) groups is 1. The fraction of sp³-hybridized carbons (Fsp3) is 0.292. The average Bonchev–Trinajstić information content (AvgIpc) is 2.72. The molecule has 1 amide bonds. The maximum Gasteiger partial charge on any atom is 0.254 e. The van der Waals surface area contributed by atoms with E-state index < -0.39 is 5.72 Å². The summed E-state index contributed by atoms with van der Waals surface area (Å²) in [6.07, 6.45) is 7.39. The second-order valence-electron chi connectivity index (χ2n) is 7.86. The minimum atomic E-state index is -0.652. The number of aliphatic hydroxyl groups excluding tert-OH is 1. The fourth-order valence-corrected chi connectivity index (χ4v) is 5.02. The number of ether oxygens (including phenoxy) is 1. The van der Waals surface area contributed by atoms with E-state index in [-0.39, 0.29) is 23.5 Å². The molecule has 3 unspecified atom stereocenters. The zero-order chi connectivity index (χ0) is 19.1. The van der Waals surface area contributed by atoms with Gasteiger partial charge in [-0.2, -0.15) is 0 Å². The van der Waals surface area contributed by atoms with E-state index in [1.807, 2.05) is 60.7 Å². The van der Waals surface area contributed by atoms with Crippen molar-refractivity contribution in [1.82, 2.24) is 5.32 Å². The number of allylic oxidation sites excluding steroid dienone is 1. The van der Waals surface area contributed by atoms with Crippen LogP contribution in [-0.4, -0.2) is 16.7 Å². The molecule has 3 atom stereocenters. The first-order chi connectivity index (χ1) is 13.7. The topological polar surface area (TPSA) is 58.6 Å². The molecule has 1 saturated heterocycles. The number of benzene rings is 2. The van der Waals surface area contributed by atoms with Crippen molar-refractivity contribution in [3.05, 3.63) is 83.1 Å². The van der Waals surface area contributed by atoms with Crippen LogP contribution in [0.15, 0.2) is 72.0 Å². The van der Waals surface area contributed by atoms with Crippen LogP contribution in [0.3, 0.4) is 0 Å². The van der Waals surface area contributed by atoms with Gasteiger partial charge in [-0.3, -0.25) is 4.79 Å². The van der Waals surface area contributed by atoms with Crippen molar-refractivity contribution in [3.8, 4) is 5.75 Å². The predicted molar refractivity (Wildman–Crippen MR) is 108 cm³/mol. The van der Waals surface area contributed by atoms with Gasteiger partial charge in [0.1, 0.15) is 11.5 Å². The van der Waals surface area contributed by atoms with E-state index >= 15 is 0 Å². The fourth-order valence-electron chi connectivity index (χ4n) is 5.02. The van der Waals surface area contributed by atoms with Crippen LogP contribution < -0.4 is 10.1 Å². The molecule has 2 N–H and O–H groups in total. The van der Waals surface area contributed by atoms with Gasteiger partial charge < -0.3 is 15.2 Å². The molecular weight excluding hydrogens is 350 g/mol. The zero-order valence-electron chi connectivity index (χ0n) is 15.6. The maximum atomic E-state index is 13.1. The Hall–Kier alpha value is -3.01. The molecule has 4 heteroatoms. The summed E-state index contributed by atoms with van der Waals surface area (Å²) >= 11 is 0. The summed E-state index contributed by atoms with van der Waals surface area (Å²) in [6.45, 7) is 0. The van der Waals surface area contributed by atoms with Crippen LogP contribution in [0.5, 0.6) is 5.75 Å². The van der Waals surface area contributed by atoms with Gasteiger partial charge in [-0.1, -0.05) is 61.0 Å². The predicted octanol–water partition coefficient (Wildman–Crippen LogP) is 4.70. The first-order valence-corrected chi connectivity index (χ1v) is 9.95. The quantitative estimate of drug-likeness (QED) is 0.592. The van der Waals surface area contributed by atoms with Crippen LogP contribution >= 0.6 is 0 Å². The third kappa shape index (κ3) is 2.63. The Balaban J connectivity index is 1.63. The molecule has 28 heavy (non-hydrogen) atoms. The molecular formula is C24H23NO3. The SMILES string of the molecule is O=C1NC23CCCCC2C(C1=C(O)C=Cc1ccccc1)c1ccccc1O3. The number of carbonyl (C=O) groups excluding carboxylic acids is 1. The lowest BCUT2D eigenvalue weighted by atomic mass is 9.64. The normalized spacial score (nSPS) is 30.1. The summed E-state index contributed by atoms with van der Waals surface area (Å²) < 4.78 is 6.37. The monoisotopic (exact) mass is 373 g/mol. The third-order valence-corrected chi connectivity index (χ3v) is 6.25. The number of rotatable bonds is 2. The lowest BCUT2D eigenvalue weighted by Gasteiger charge is -2.54. The molecule has 5 rings (SSSR count). The van der Waals surface area contributed by atoms with Crippen LogP contribution in [0.25, 0.3) is 6.08 Å². The van der Waals surface area contributed by atoms with E-state index in [1.165, 1.54) is 0 Å². The minimum absolute atomic E-state index is 0.0298. The maximum absolute atomic E-state index is 13.1. The Morgan fingerprint density at radius 2 is 1.89 bits per heavy atom. The number of piperidine rings is 1. The molecule has 3 aliphatic rings. The highest BCUT2D eigenvalue weighted by molar-refractivity contribution is 5.98. The standard InChI is InChI=1S/C24H23NO3/c26-19(14-13-16-8-2-1-3-9-16)22-21-17-10-4-5-12-20(17)28-24(25-23(22)27)15-7-6-11-18(21)24/h1-5,8-10,12-14,18,21,26H,6-7,11,15H2,(H,25,27). The molecule has 0 aromatic heterocycles. The van der Waals surface area contributed by atoms with E-state index in [0.717, 1.165) is 42.6 Å². The van der Waals surface area contributed by atoms with E-state index in [2.05, 4.69) is 5.32 Å². The number of hydrogen-bond donors (Lipinski definition) is 2. The molecule has 2 heterocycles. The van der Waals surface area contributed by atoms with E-state index in [4.69, 9.17) is 4.74 Å². The largest absolute Gasteiger partial charge is 0.507 e. The van der Waals surface area contributed by atoms with Gasteiger partial charge in [0.2, 0.25) is 0 Å². The second kappa shape index (κ2) is 6.55.